The SMILES string of the molecule is CN=C(NCC(C(=O)N1CCOCC1)c1ccccc1)N1CCC(COC)C1.I. The third-order valence-corrected chi connectivity index (χ3v) is 5.49. The zero-order valence-electron chi connectivity index (χ0n) is 17.4. The Labute approximate surface area is 190 Å². The third-order valence-electron chi connectivity index (χ3n) is 5.49. The molecule has 29 heavy (non-hydrogen) atoms. The molecule has 0 saturated carbocycles. The first-order valence-corrected chi connectivity index (χ1v) is 10.1. The summed E-state index contributed by atoms with van der Waals surface area (Å²) in [6, 6.07) is 10.0. The Hall–Kier alpha value is -1.39. The first-order chi connectivity index (χ1) is 13.7. The van der Waals surface area contributed by atoms with Gasteiger partial charge in [-0.1, -0.05) is 30.3 Å². The minimum Gasteiger partial charge on any atom is -0.384 e. The Balaban J connectivity index is 0.00000300. The van der Waals surface area contributed by atoms with Gasteiger partial charge in [0.1, 0.15) is 0 Å². The van der Waals surface area contributed by atoms with E-state index in [0.717, 1.165) is 37.6 Å². The van der Waals surface area contributed by atoms with Gasteiger partial charge in [-0.3, -0.25) is 9.79 Å². The fourth-order valence-corrected chi connectivity index (χ4v) is 3.96. The average molecular weight is 516 g/mol. The molecular weight excluding hydrogens is 483 g/mol. The van der Waals surface area contributed by atoms with E-state index in [1.54, 1.807) is 14.2 Å². The second-order valence-electron chi connectivity index (χ2n) is 7.39. The van der Waals surface area contributed by atoms with E-state index in [-0.39, 0.29) is 35.8 Å². The number of ether oxygens (including phenoxy) is 2. The summed E-state index contributed by atoms with van der Waals surface area (Å²) in [6.07, 6.45) is 1.10. The van der Waals surface area contributed by atoms with E-state index in [1.165, 1.54) is 0 Å². The highest BCUT2D eigenvalue weighted by Crippen LogP contribution is 2.20. The number of amides is 1. The van der Waals surface area contributed by atoms with Crippen molar-refractivity contribution in [3.05, 3.63) is 35.9 Å². The minimum atomic E-state index is -0.242. The molecule has 162 valence electrons. The Morgan fingerprint density at radius 2 is 1.97 bits per heavy atom. The number of benzene rings is 1. The van der Waals surface area contributed by atoms with Gasteiger partial charge >= 0.3 is 0 Å². The largest absolute Gasteiger partial charge is 0.384 e. The van der Waals surface area contributed by atoms with Gasteiger partial charge in [0.05, 0.1) is 25.7 Å². The number of guanidine groups is 1. The highest BCUT2D eigenvalue weighted by Gasteiger charge is 2.29. The van der Waals surface area contributed by atoms with Crippen molar-refractivity contribution in [3.8, 4) is 0 Å². The molecule has 2 saturated heterocycles. The number of carbonyl (C=O) groups excluding carboxylic acids is 1. The fraction of sp³-hybridized carbons (Fsp3) is 0.619. The molecule has 1 amide bonds. The normalized spacial score (nSPS) is 20.9. The van der Waals surface area contributed by atoms with Crippen LogP contribution in [0.5, 0.6) is 0 Å². The van der Waals surface area contributed by atoms with Crippen molar-refractivity contribution in [2.24, 2.45) is 10.9 Å². The van der Waals surface area contributed by atoms with Gasteiger partial charge in [0.25, 0.3) is 0 Å². The number of nitrogens with zero attached hydrogens (tertiary/aromatic N) is 3. The first-order valence-electron chi connectivity index (χ1n) is 10.1. The molecule has 2 atom stereocenters. The lowest BCUT2D eigenvalue weighted by molar-refractivity contribution is -0.136. The summed E-state index contributed by atoms with van der Waals surface area (Å²) in [5, 5.41) is 3.45. The Morgan fingerprint density at radius 1 is 1.24 bits per heavy atom. The number of hydrogen-bond donors (Lipinski definition) is 1. The Morgan fingerprint density at radius 3 is 2.62 bits per heavy atom. The van der Waals surface area contributed by atoms with Crippen molar-refractivity contribution in [2.45, 2.75) is 12.3 Å². The van der Waals surface area contributed by atoms with Gasteiger partial charge < -0.3 is 24.6 Å². The van der Waals surface area contributed by atoms with Crippen molar-refractivity contribution < 1.29 is 14.3 Å². The molecule has 3 rings (SSSR count). The molecule has 1 aromatic rings. The second-order valence-corrected chi connectivity index (χ2v) is 7.39. The van der Waals surface area contributed by atoms with Crippen molar-refractivity contribution in [3.63, 3.8) is 0 Å². The predicted octanol–water partition coefficient (Wildman–Crippen LogP) is 1.79. The van der Waals surface area contributed by atoms with Crippen LogP contribution in [-0.4, -0.2) is 88.4 Å². The number of likely N-dealkylation sites (tertiary alicyclic amines) is 1. The maximum atomic E-state index is 13.2. The summed E-state index contributed by atoms with van der Waals surface area (Å²) in [4.78, 5) is 21.8. The van der Waals surface area contributed by atoms with Crippen LogP contribution in [0.25, 0.3) is 0 Å². The van der Waals surface area contributed by atoms with E-state index in [0.29, 0.717) is 38.8 Å². The quantitative estimate of drug-likeness (QED) is 0.355. The van der Waals surface area contributed by atoms with Crippen LogP contribution in [0, 0.1) is 5.92 Å². The molecular formula is C21H33IN4O3. The smallest absolute Gasteiger partial charge is 0.232 e. The van der Waals surface area contributed by atoms with Crippen LogP contribution in [0.3, 0.4) is 0 Å². The van der Waals surface area contributed by atoms with Crippen LogP contribution in [0.15, 0.2) is 35.3 Å². The molecule has 1 aromatic carbocycles. The second kappa shape index (κ2) is 12.3. The van der Waals surface area contributed by atoms with Crippen LogP contribution in [0.2, 0.25) is 0 Å². The van der Waals surface area contributed by atoms with Gasteiger partial charge in [-0.2, -0.15) is 0 Å². The number of methoxy groups -OCH3 is 1. The lowest BCUT2D eigenvalue weighted by Crippen LogP contribution is -2.47. The molecule has 1 N–H and O–H groups in total. The number of hydrogen-bond acceptors (Lipinski definition) is 4. The zero-order chi connectivity index (χ0) is 19.8. The van der Waals surface area contributed by atoms with Crippen LogP contribution < -0.4 is 5.32 Å². The summed E-state index contributed by atoms with van der Waals surface area (Å²) in [5.74, 6) is 1.29. The lowest BCUT2D eigenvalue weighted by Gasteiger charge is -2.31. The number of morpholine rings is 1. The summed E-state index contributed by atoms with van der Waals surface area (Å²) in [6.45, 7) is 5.72. The number of aliphatic imine (C=N–C) groups is 1. The number of halogens is 1. The van der Waals surface area contributed by atoms with E-state index in [9.17, 15) is 4.79 Å². The standard InChI is InChI=1S/C21H32N4O3.HI/c1-22-21(25-9-8-17(15-25)16-27-2)23-14-19(18-6-4-3-5-7-18)20(26)24-10-12-28-13-11-24;/h3-7,17,19H,8-16H2,1-2H3,(H,22,23);1H. The summed E-state index contributed by atoms with van der Waals surface area (Å²) >= 11 is 0. The van der Waals surface area contributed by atoms with E-state index in [2.05, 4.69) is 15.2 Å². The molecule has 2 heterocycles. The molecule has 0 aliphatic carbocycles. The summed E-state index contributed by atoms with van der Waals surface area (Å²) in [5.41, 5.74) is 1.03. The third kappa shape index (κ3) is 6.55. The monoisotopic (exact) mass is 516 g/mol. The van der Waals surface area contributed by atoms with Crippen LogP contribution in [0.4, 0.5) is 0 Å². The molecule has 0 radical (unpaired) electrons. The van der Waals surface area contributed by atoms with Crippen LogP contribution in [-0.2, 0) is 14.3 Å². The van der Waals surface area contributed by atoms with Gasteiger partial charge in [0.2, 0.25) is 5.91 Å². The molecule has 7 nitrogen and oxygen atoms in total. The van der Waals surface area contributed by atoms with Crippen molar-refractivity contribution in [2.75, 3.05) is 66.7 Å². The maximum Gasteiger partial charge on any atom is 0.232 e. The van der Waals surface area contributed by atoms with E-state index < -0.39 is 0 Å². The molecule has 2 fully saturated rings. The molecule has 2 aliphatic rings. The topological polar surface area (TPSA) is 66.4 Å². The van der Waals surface area contributed by atoms with Crippen molar-refractivity contribution in [1.82, 2.24) is 15.1 Å². The minimum absolute atomic E-state index is 0. The molecule has 8 heteroatoms. The van der Waals surface area contributed by atoms with Crippen LogP contribution in [0.1, 0.15) is 17.9 Å². The zero-order valence-corrected chi connectivity index (χ0v) is 19.7. The van der Waals surface area contributed by atoms with Gasteiger partial charge in [-0.25, -0.2) is 0 Å². The molecule has 2 aliphatic heterocycles. The fourth-order valence-electron chi connectivity index (χ4n) is 3.96. The number of rotatable bonds is 6. The van der Waals surface area contributed by atoms with Crippen molar-refractivity contribution >= 4 is 35.8 Å². The highest BCUT2D eigenvalue weighted by molar-refractivity contribution is 14.0. The van der Waals surface area contributed by atoms with Gasteiger partial charge in [0.15, 0.2) is 5.96 Å². The van der Waals surface area contributed by atoms with E-state index >= 15 is 0 Å². The average Bonchev–Trinajstić information content (AvgIpc) is 3.21. The number of carbonyl (C=O) groups is 1. The van der Waals surface area contributed by atoms with Gasteiger partial charge in [0, 0.05) is 52.8 Å². The molecule has 0 aromatic heterocycles. The molecule has 0 spiro atoms. The van der Waals surface area contributed by atoms with Gasteiger partial charge in [-0.15, -0.1) is 24.0 Å². The predicted molar refractivity (Wildman–Crippen MR) is 125 cm³/mol. The van der Waals surface area contributed by atoms with E-state index in [4.69, 9.17) is 9.47 Å². The van der Waals surface area contributed by atoms with Crippen LogP contribution >= 0.6 is 24.0 Å². The summed E-state index contributed by atoms with van der Waals surface area (Å²) in [7, 11) is 3.55. The van der Waals surface area contributed by atoms with Crippen molar-refractivity contribution in [1.29, 1.82) is 0 Å². The Kier molecular flexibility index (Phi) is 10.2. The molecule has 2 unspecified atom stereocenters. The first kappa shape index (κ1) is 23.9. The lowest BCUT2D eigenvalue weighted by atomic mass is 9.97. The van der Waals surface area contributed by atoms with Gasteiger partial charge in [-0.05, 0) is 12.0 Å². The Bertz CT molecular complexity index is 653. The molecule has 0 bridgehead atoms. The number of nitrogens with one attached hydrogen (secondary N) is 1. The summed E-state index contributed by atoms with van der Waals surface area (Å²) < 4.78 is 10.7. The maximum absolute atomic E-state index is 13.2. The van der Waals surface area contributed by atoms with E-state index in [1.807, 2.05) is 35.2 Å². The highest BCUT2D eigenvalue weighted by atomic mass is 127.